The zero-order valence-electron chi connectivity index (χ0n) is 17.5. The fourth-order valence-electron chi connectivity index (χ4n) is 6.17. The maximum atomic E-state index is 13.1. The van der Waals surface area contributed by atoms with Crippen molar-refractivity contribution < 1.29 is 14.3 Å². The summed E-state index contributed by atoms with van der Waals surface area (Å²) in [6.45, 7) is 2.81. The van der Waals surface area contributed by atoms with Gasteiger partial charge in [-0.3, -0.25) is 9.69 Å². The number of nitrogens with one attached hydrogen (secondary N) is 1. The lowest BCUT2D eigenvalue weighted by atomic mass is 9.88. The molecule has 1 amide bonds. The lowest BCUT2D eigenvalue weighted by molar-refractivity contribution is -0.126. The zero-order chi connectivity index (χ0) is 20.0. The van der Waals surface area contributed by atoms with Crippen LogP contribution in [0.5, 0.6) is 11.5 Å². The Labute approximate surface area is 173 Å². The number of ether oxygens (including phenoxy) is 2. The molecule has 2 bridgehead atoms. The maximum absolute atomic E-state index is 13.1. The Kier molecular flexibility index (Phi) is 4.81. The fourth-order valence-corrected chi connectivity index (χ4v) is 6.17. The molecule has 0 radical (unpaired) electrons. The molecule has 1 aromatic rings. The predicted octanol–water partition coefficient (Wildman–Crippen LogP) is 3.56. The summed E-state index contributed by atoms with van der Waals surface area (Å²) in [4.78, 5) is 15.6. The molecule has 0 unspecified atom stereocenters. The lowest BCUT2D eigenvalue weighted by Gasteiger charge is -2.29. The van der Waals surface area contributed by atoms with Crippen LogP contribution in [0.4, 0.5) is 0 Å². The van der Waals surface area contributed by atoms with E-state index in [1.807, 2.05) is 6.07 Å². The van der Waals surface area contributed by atoms with Crippen LogP contribution < -0.4 is 14.8 Å². The van der Waals surface area contributed by atoms with E-state index in [0.29, 0.717) is 23.8 Å². The molecule has 0 aromatic heterocycles. The van der Waals surface area contributed by atoms with Gasteiger partial charge in [0.2, 0.25) is 5.91 Å². The van der Waals surface area contributed by atoms with Crippen LogP contribution in [0, 0.1) is 23.2 Å². The Balaban J connectivity index is 1.31. The van der Waals surface area contributed by atoms with Gasteiger partial charge in [0.25, 0.3) is 0 Å². The van der Waals surface area contributed by atoms with Gasteiger partial charge in [0.05, 0.1) is 20.3 Å². The SMILES string of the molecule is COc1ccc([C@@H](CNC(=O)[C@@H]2C[C@H]3C=C[C@H]2C32CC2)N2CCCC2)cc1OC. The molecule has 1 heterocycles. The number of amides is 1. The van der Waals surface area contributed by atoms with Gasteiger partial charge < -0.3 is 14.8 Å². The first kappa shape index (κ1) is 19.0. The molecule has 4 aliphatic rings. The summed E-state index contributed by atoms with van der Waals surface area (Å²) in [6, 6.07) is 6.31. The number of benzene rings is 1. The number of hydrogen-bond donors (Lipinski definition) is 1. The molecule has 1 spiro atoms. The van der Waals surface area contributed by atoms with Gasteiger partial charge >= 0.3 is 0 Å². The molecule has 3 aliphatic carbocycles. The Bertz CT molecular complexity index is 810. The Hall–Kier alpha value is -2.01. The first-order valence-electron chi connectivity index (χ1n) is 11.1. The summed E-state index contributed by atoms with van der Waals surface area (Å²) in [5, 5.41) is 3.33. The van der Waals surface area contributed by atoms with E-state index in [2.05, 4.69) is 34.5 Å². The highest BCUT2D eigenvalue weighted by molar-refractivity contribution is 5.80. The van der Waals surface area contributed by atoms with E-state index >= 15 is 0 Å². The smallest absolute Gasteiger partial charge is 0.223 e. The van der Waals surface area contributed by atoms with E-state index < -0.39 is 0 Å². The number of rotatable bonds is 7. The number of carbonyl (C=O) groups is 1. The molecule has 1 N–H and O–H groups in total. The van der Waals surface area contributed by atoms with Crippen LogP contribution >= 0.6 is 0 Å². The summed E-state index contributed by atoms with van der Waals surface area (Å²) in [6.07, 6.45) is 10.8. The molecule has 1 aromatic carbocycles. The lowest BCUT2D eigenvalue weighted by Crippen LogP contribution is -2.40. The van der Waals surface area contributed by atoms with Crippen molar-refractivity contribution in [2.75, 3.05) is 33.9 Å². The van der Waals surface area contributed by atoms with Crippen molar-refractivity contribution in [3.8, 4) is 11.5 Å². The van der Waals surface area contributed by atoms with Gasteiger partial charge in [0, 0.05) is 12.5 Å². The van der Waals surface area contributed by atoms with Crippen LogP contribution in [0.2, 0.25) is 0 Å². The van der Waals surface area contributed by atoms with Gasteiger partial charge in [-0.05, 0) is 80.1 Å². The van der Waals surface area contributed by atoms with E-state index in [-0.39, 0.29) is 17.9 Å². The highest BCUT2D eigenvalue weighted by Crippen LogP contribution is 2.70. The van der Waals surface area contributed by atoms with Crippen molar-refractivity contribution in [2.24, 2.45) is 23.2 Å². The first-order chi connectivity index (χ1) is 14.2. The molecular weight excluding hydrogens is 364 g/mol. The number of hydrogen-bond acceptors (Lipinski definition) is 4. The van der Waals surface area contributed by atoms with Crippen LogP contribution in [0.15, 0.2) is 30.4 Å². The molecule has 5 nitrogen and oxygen atoms in total. The first-order valence-corrected chi connectivity index (χ1v) is 11.1. The quantitative estimate of drug-likeness (QED) is 0.716. The van der Waals surface area contributed by atoms with Gasteiger partial charge in [0.15, 0.2) is 11.5 Å². The summed E-state index contributed by atoms with van der Waals surface area (Å²) in [5.74, 6) is 3.01. The van der Waals surface area contributed by atoms with Crippen molar-refractivity contribution >= 4 is 5.91 Å². The van der Waals surface area contributed by atoms with Crippen molar-refractivity contribution in [1.82, 2.24) is 10.2 Å². The third-order valence-corrected chi connectivity index (χ3v) is 7.90. The molecule has 156 valence electrons. The number of likely N-dealkylation sites (tertiary alicyclic amines) is 1. The third-order valence-electron chi connectivity index (χ3n) is 7.90. The Morgan fingerprint density at radius 2 is 1.93 bits per heavy atom. The Morgan fingerprint density at radius 1 is 1.17 bits per heavy atom. The normalized spacial score (nSPS) is 29.9. The average molecular weight is 397 g/mol. The second-order valence-electron chi connectivity index (χ2n) is 9.21. The molecule has 5 rings (SSSR count). The van der Waals surface area contributed by atoms with Crippen molar-refractivity contribution in [3.05, 3.63) is 35.9 Å². The number of allylic oxidation sites excluding steroid dienone is 2. The minimum Gasteiger partial charge on any atom is -0.493 e. The van der Waals surface area contributed by atoms with Gasteiger partial charge in [-0.25, -0.2) is 0 Å². The molecule has 2 saturated carbocycles. The third kappa shape index (κ3) is 3.14. The van der Waals surface area contributed by atoms with Crippen LogP contribution in [-0.2, 0) is 4.79 Å². The van der Waals surface area contributed by atoms with E-state index in [1.165, 1.54) is 31.2 Å². The summed E-state index contributed by atoms with van der Waals surface area (Å²) in [7, 11) is 3.33. The second kappa shape index (κ2) is 7.35. The molecule has 3 fully saturated rings. The Morgan fingerprint density at radius 3 is 2.59 bits per heavy atom. The number of nitrogens with zero attached hydrogens (tertiary/aromatic N) is 1. The van der Waals surface area contributed by atoms with Gasteiger partial charge in [-0.1, -0.05) is 18.2 Å². The van der Waals surface area contributed by atoms with Gasteiger partial charge in [0.1, 0.15) is 0 Å². The van der Waals surface area contributed by atoms with Gasteiger partial charge in [-0.2, -0.15) is 0 Å². The van der Waals surface area contributed by atoms with Crippen LogP contribution in [-0.4, -0.2) is 44.7 Å². The molecule has 4 atom stereocenters. The van der Waals surface area contributed by atoms with Crippen molar-refractivity contribution in [3.63, 3.8) is 0 Å². The minimum absolute atomic E-state index is 0.164. The van der Waals surface area contributed by atoms with Crippen LogP contribution in [0.1, 0.15) is 43.7 Å². The standard InChI is InChI=1S/C24H32N2O3/c1-28-21-8-5-16(13-22(21)29-2)20(26-11-3-4-12-26)15-25-23(27)18-14-17-6-7-19(18)24(17)9-10-24/h5-8,13,17-20H,3-4,9-12,14-15H2,1-2H3,(H,25,27)/t17-,18-,19-,20-/m1/s1. The highest BCUT2D eigenvalue weighted by Gasteiger charge is 2.64. The van der Waals surface area contributed by atoms with E-state index in [9.17, 15) is 4.79 Å². The maximum Gasteiger partial charge on any atom is 0.223 e. The minimum atomic E-state index is 0.164. The largest absolute Gasteiger partial charge is 0.493 e. The van der Waals surface area contributed by atoms with Crippen molar-refractivity contribution in [1.29, 1.82) is 0 Å². The van der Waals surface area contributed by atoms with Gasteiger partial charge in [-0.15, -0.1) is 0 Å². The van der Waals surface area contributed by atoms with Crippen LogP contribution in [0.3, 0.4) is 0 Å². The predicted molar refractivity (Wildman–Crippen MR) is 112 cm³/mol. The topological polar surface area (TPSA) is 50.8 Å². The zero-order valence-corrected chi connectivity index (χ0v) is 17.5. The molecular formula is C24H32N2O3. The average Bonchev–Trinajstić information content (AvgIpc) is 3.09. The summed E-state index contributed by atoms with van der Waals surface area (Å²) < 4.78 is 10.9. The fraction of sp³-hybridized carbons (Fsp3) is 0.625. The monoisotopic (exact) mass is 396 g/mol. The molecule has 1 saturated heterocycles. The second-order valence-corrected chi connectivity index (χ2v) is 9.21. The summed E-state index contributed by atoms with van der Waals surface area (Å²) >= 11 is 0. The van der Waals surface area contributed by atoms with Crippen LogP contribution in [0.25, 0.3) is 0 Å². The van der Waals surface area contributed by atoms with E-state index in [1.54, 1.807) is 14.2 Å². The van der Waals surface area contributed by atoms with Crippen molar-refractivity contribution in [2.45, 2.75) is 38.1 Å². The molecule has 29 heavy (non-hydrogen) atoms. The summed E-state index contributed by atoms with van der Waals surface area (Å²) in [5.41, 5.74) is 1.64. The molecule has 1 aliphatic heterocycles. The number of methoxy groups -OCH3 is 2. The number of carbonyl (C=O) groups excluding carboxylic acids is 1. The van der Waals surface area contributed by atoms with E-state index in [0.717, 1.165) is 31.0 Å². The molecule has 5 heteroatoms. The van der Waals surface area contributed by atoms with E-state index in [4.69, 9.17) is 9.47 Å². The highest BCUT2D eigenvalue weighted by atomic mass is 16.5.